The van der Waals surface area contributed by atoms with Gasteiger partial charge in [-0.1, -0.05) is 6.07 Å². The highest BCUT2D eigenvalue weighted by Gasteiger charge is 2.26. The van der Waals surface area contributed by atoms with Crippen molar-refractivity contribution in [2.24, 2.45) is 0 Å². The van der Waals surface area contributed by atoms with Crippen LogP contribution in [0.15, 0.2) is 22.6 Å². The summed E-state index contributed by atoms with van der Waals surface area (Å²) in [7, 11) is 0. The summed E-state index contributed by atoms with van der Waals surface area (Å²) in [5.74, 6) is -0.923. The highest BCUT2D eigenvalue weighted by molar-refractivity contribution is 7.97. The number of rotatable bonds is 4. The molecule has 1 atom stereocenters. The van der Waals surface area contributed by atoms with Crippen molar-refractivity contribution in [3.05, 3.63) is 24.1 Å². The molecule has 1 aromatic carbocycles. The number of thiol groups is 2. The fourth-order valence-electron chi connectivity index (χ4n) is 1.56. The molecule has 0 saturated heterocycles. The van der Waals surface area contributed by atoms with E-state index < -0.39 is 16.1 Å². The van der Waals surface area contributed by atoms with Crippen molar-refractivity contribution in [1.29, 1.82) is 0 Å². The number of para-hydroxylation sites is 1. The molecular weight excluding hydrogens is 274 g/mol. The van der Waals surface area contributed by atoms with E-state index >= 15 is 0 Å². The van der Waals surface area contributed by atoms with Crippen LogP contribution >= 0.6 is 25.3 Å². The zero-order chi connectivity index (χ0) is 13.3. The molecule has 0 radical (unpaired) electrons. The Kier molecular flexibility index (Phi) is 3.63. The Hall–Kier alpha value is -1.47. The molecule has 5 nitrogen and oxygen atoms in total. The molecule has 1 aromatic heterocycles. The van der Waals surface area contributed by atoms with Crippen molar-refractivity contribution < 1.29 is 19.1 Å². The van der Waals surface area contributed by atoms with Crippen molar-refractivity contribution in [3.63, 3.8) is 0 Å². The van der Waals surface area contributed by atoms with E-state index in [1.165, 1.54) is 6.07 Å². The minimum Gasteiger partial charge on any atom is -0.504 e. The maximum atomic E-state index is 11.4. The SMILES string of the molecule is O=C(S)CC(C(=O)S)c1nc2cccc(O)c2o1. The average Bonchev–Trinajstić information content (AvgIpc) is 2.70. The fourth-order valence-corrected chi connectivity index (χ4v) is 1.94. The third kappa shape index (κ3) is 2.51. The Morgan fingerprint density at radius 3 is 2.67 bits per heavy atom. The zero-order valence-corrected chi connectivity index (χ0v) is 10.8. The topological polar surface area (TPSA) is 80.4 Å². The predicted octanol–water partition coefficient (Wildman–Crippen LogP) is 1.92. The minimum absolute atomic E-state index is 0.0499. The van der Waals surface area contributed by atoms with Gasteiger partial charge in [-0.3, -0.25) is 9.59 Å². The first kappa shape index (κ1) is 13.0. The van der Waals surface area contributed by atoms with Gasteiger partial charge in [-0.15, -0.1) is 25.3 Å². The maximum absolute atomic E-state index is 11.4. The predicted molar refractivity (Wildman–Crippen MR) is 71.0 cm³/mol. The number of carbonyl (C=O) groups excluding carboxylic acids is 2. The van der Waals surface area contributed by atoms with Gasteiger partial charge < -0.3 is 9.52 Å². The van der Waals surface area contributed by atoms with E-state index in [9.17, 15) is 14.7 Å². The molecule has 2 aromatic rings. The van der Waals surface area contributed by atoms with E-state index in [2.05, 4.69) is 30.2 Å². The second-order valence-electron chi connectivity index (χ2n) is 3.67. The van der Waals surface area contributed by atoms with Crippen LogP contribution in [-0.2, 0) is 9.59 Å². The Balaban J connectivity index is 2.48. The largest absolute Gasteiger partial charge is 0.504 e. The Labute approximate surface area is 113 Å². The summed E-state index contributed by atoms with van der Waals surface area (Å²) in [5.41, 5.74) is 0.592. The first-order valence-electron chi connectivity index (χ1n) is 5.02. The van der Waals surface area contributed by atoms with Crippen molar-refractivity contribution in [3.8, 4) is 5.75 Å². The van der Waals surface area contributed by atoms with E-state index in [4.69, 9.17) is 4.42 Å². The Bertz CT molecular complexity index is 623. The highest BCUT2D eigenvalue weighted by atomic mass is 32.1. The van der Waals surface area contributed by atoms with Gasteiger partial charge in [0.25, 0.3) is 0 Å². The summed E-state index contributed by atoms with van der Waals surface area (Å²) < 4.78 is 5.31. The number of phenols is 1. The normalized spacial score (nSPS) is 12.6. The summed E-state index contributed by atoms with van der Waals surface area (Å²) in [4.78, 5) is 26.4. The van der Waals surface area contributed by atoms with E-state index in [0.717, 1.165) is 0 Å². The van der Waals surface area contributed by atoms with Crippen LogP contribution in [-0.4, -0.2) is 20.3 Å². The fraction of sp³-hybridized carbons (Fsp3) is 0.182. The van der Waals surface area contributed by atoms with E-state index in [0.29, 0.717) is 5.52 Å². The van der Waals surface area contributed by atoms with Crippen LogP contribution in [0.4, 0.5) is 0 Å². The Morgan fingerprint density at radius 1 is 1.39 bits per heavy atom. The van der Waals surface area contributed by atoms with E-state index in [1.807, 2.05) is 0 Å². The zero-order valence-electron chi connectivity index (χ0n) is 9.03. The number of carbonyl (C=O) groups is 2. The second kappa shape index (κ2) is 5.03. The van der Waals surface area contributed by atoms with Gasteiger partial charge in [-0.05, 0) is 12.1 Å². The molecule has 0 saturated carbocycles. The van der Waals surface area contributed by atoms with Gasteiger partial charge in [-0.2, -0.15) is 0 Å². The van der Waals surface area contributed by atoms with Gasteiger partial charge >= 0.3 is 0 Å². The molecule has 1 N–H and O–H groups in total. The molecule has 0 fully saturated rings. The van der Waals surface area contributed by atoms with Crippen LogP contribution in [0.25, 0.3) is 11.1 Å². The molecule has 0 aliphatic carbocycles. The third-order valence-corrected chi connectivity index (χ3v) is 2.88. The number of oxazole rings is 1. The first-order valence-corrected chi connectivity index (χ1v) is 5.91. The lowest BCUT2D eigenvalue weighted by Crippen LogP contribution is -2.10. The lowest BCUT2D eigenvalue weighted by Gasteiger charge is -2.05. The molecule has 1 heterocycles. The van der Waals surface area contributed by atoms with Gasteiger partial charge in [0.2, 0.25) is 5.89 Å². The van der Waals surface area contributed by atoms with Crippen molar-refractivity contribution in [2.75, 3.05) is 0 Å². The van der Waals surface area contributed by atoms with Crippen LogP contribution in [0.1, 0.15) is 18.2 Å². The average molecular weight is 283 g/mol. The quantitative estimate of drug-likeness (QED) is 0.747. The molecule has 0 spiro atoms. The number of phenolic OH excluding ortho intramolecular Hbond substituents is 1. The number of hydrogen-bond donors (Lipinski definition) is 3. The molecule has 2 rings (SSSR count). The molecule has 0 bridgehead atoms. The van der Waals surface area contributed by atoms with Gasteiger partial charge in [0, 0.05) is 6.42 Å². The van der Waals surface area contributed by atoms with E-state index in [1.54, 1.807) is 12.1 Å². The monoisotopic (exact) mass is 283 g/mol. The summed E-state index contributed by atoms with van der Waals surface area (Å²) in [6, 6.07) is 4.68. The van der Waals surface area contributed by atoms with Crippen molar-refractivity contribution in [1.82, 2.24) is 4.98 Å². The van der Waals surface area contributed by atoms with E-state index in [-0.39, 0.29) is 23.6 Å². The van der Waals surface area contributed by atoms with Crippen LogP contribution in [0, 0.1) is 0 Å². The third-order valence-electron chi connectivity index (χ3n) is 2.39. The number of nitrogens with zero attached hydrogens (tertiary/aromatic N) is 1. The standard InChI is InChI=1S/C11H9NO4S2/c13-7-3-1-2-6-9(7)16-10(12-6)5(11(15)18)4-8(14)17/h1-3,5,13H,4H2,(H,14,17)(H,15,18). The molecule has 0 aliphatic rings. The van der Waals surface area contributed by atoms with Gasteiger partial charge in [0.15, 0.2) is 21.6 Å². The van der Waals surface area contributed by atoms with Crippen LogP contribution < -0.4 is 0 Å². The summed E-state index contributed by atoms with van der Waals surface area (Å²) in [5, 5.41) is 8.56. The van der Waals surface area contributed by atoms with Crippen molar-refractivity contribution >= 4 is 46.6 Å². The molecule has 7 heteroatoms. The number of benzene rings is 1. The lowest BCUT2D eigenvalue weighted by molar-refractivity contribution is -0.117. The summed E-state index contributed by atoms with van der Waals surface area (Å²) in [6.07, 6.45) is -0.154. The minimum atomic E-state index is -0.898. The molecule has 1 unspecified atom stereocenters. The number of fused-ring (bicyclic) bond motifs is 1. The molecule has 94 valence electrons. The lowest BCUT2D eigenvalue weighted by atomic mass is 10.1. The number of hydrogen-bond acceptors (Lipinski definition) is 5. The molecule has 18 heavy (non-hydrogen) atoms. The smallest absolute Gasteiger partial charge is 0.207 e. The molecular formula is C11H9NO4S2. The van der Waals surface area contributed by atoms with Gasteiger partial charge in [0.1, 0.15) is 11.4 Å². The second-order valence-corrected chi connectivity index (χ2v) is 4.61. The van der Waals surface area contributed by atoms with Crippen molar-refractivity contribution in [2.45, 2.75) is 12.3 Å². The van der Waals surface area contributed by atoms with Crippen LogP contribution in [0.5, 0.6) is 5.75 Å². The maximum Gasteiger partial charge on any atom is 0.207 e. The number of aromatic hydroxyl groups is 1. The molecule has 0 amide bonds. The summed E-state index contributed by atoms with van der Waals surface area (Å²) >= 11 is 7.32. The van der Waals surface area contributed by atoms with Gasteiger partial charge in [-0.25, -0.2) is 4.98 Å². The van der Waals surface area contributed by atoms with Crippen LogP contribution in [0.2, 0.25) is 0 Å². The number of aromatic nitrogens is 1. The van der Waals surface area contributed by atoms with Crippen LogP contribution in [0.3, 0.4) is 0 Å². The van der Waals surface area contributed by atoms with Gasteiger partial charge in [0.05, 0.1) is 0 Å². The first-order chi connectivity index (χ1) is 8.49. The Morgan fingerprint density at radius 2 is 2.11 bits per heavy atom. The highest BCUT2D eigenvalue weighted by Crippen LogP contribution is 2.30. The summed E-state index contributed by atoms with van der Waals surface area (Å²) in [6.45, 7) is 0. The molecule has 0 aliphatic heterocycles.